The first-order valence-electron chi connectivity index (χ1n) is 3.32. The van der Waals surface area contributed by atoms with E-state index in [0.717, 1.165) is 5.01 Å². The summed E-state index contributed by atoms with van der Waals surface area (Å²) in [6.45, 7) is 3.45. The maximum absolute atomic E-state index is 11.0. The number of amides is 1. The predicted molar refractivity (Wildman–Crippen MR) is 37.7 cm³/mol. The highest BCUT2D eigenvalue weighted by molar-refractivity contribution is 6.12. The molecule has 0 bridgehead atoms. The van der Waals surface area contributed by atoms with Gasteiger partial charge in [-0.15, -0.1) is 0 Å². The molecule has 1 aliphatic heterocycles. The summed E-state index contributed by atoms with van der Waals surface area (Å²) >= 11 is 0. The van der Waals surface area contributed by atoms with E-state index < -0.39 is 11.7 Å². The zero-order valence-electron chi connectivity index (χ0n) is 6.40. The van der Waals surface area contributed by atoms with E-state index >= 15 is 0 Å². The molecule has 1 aliphatic rings. The van der Waals surface area contributed by atoms with Crippen molar-refractivity contribution in [2.45, 2.75) is 19.6 Å². The minimum Gasteiger partial charge on any atom is -0.354 e. The van der Waals surface area contributed by atoms with Crippen LogP contribution in [0.4, 0.5) is 0 Å². The Morgan fingerprint density at radius 3 is 2.36 bits per heavy atom. The lowest BCUT2D eigenvalue weighted by Crippen LogP contribution is -2.45. The molecule has 0 aromatic rings. The molecule has 0 saturated heterocycles. The fourth-order valence-corrected chi connectivity index (χ4v) is 0.845. The molecule has 0 fully saturated rings. The number of carbonyl (C=O) groups excluding carboxylic acids is 1. The summed E-state index contributed by atoms with van der Waals surface area (Å²) in [5.74, 6) is -3.16. The van der Waals surface area contributed by atoms with Crippen LogP contribution in [0.1, 0.15) is 13.8 Å². The van der Waals surface area contributed by atoms with Crippen LogP contribution in [0.2, 0.25) is 0 Å². The number of hydrogen-bond acceptors (Lipinski definition) is 4. The van der Waals surface area contributed by atoms with E-state index in [0.29, 0.717) is 6.54 Å². The van der Waals surface area contributed by atoms with Gasteiger partial charge in [0.25, 0.3) is 5.79 Å². The number of carbonyl (C=O) groups is 1. The van der Waals surface area contributed by atoms with Gasteiger partial charge in [0.15, 0.2) is 0 Å². The molecule has 0 saturated carbocycles. The van der Waals surface area contributed by atoms with Crippen molar-refractivity contribution in [1.82, 2.24) is 5.01 Å². The molecule has 11 heavy (non-hydrogen) atoms. The van der Waals surface area contributed by atoms with Gasteiger partial charge in [-0.25, -0.2) is 5.01 Å². The van der Waals surface area contributed by atoms with E-state index in [1.165, 1.54) is 6.92 Å². The van der Waals surface area contributed by atoms with Crippen LogP contribution < -0.4 is 0 Å². The highest BCUT2D eigenvalue weighted by Gasteiger charge is 2.45. The Hall–Kier alpha value is -0.940. The van der Waals surface area contributed by atoms with Gasteiger partial charge in [-0.2, -0.15) is 5.10 Å². The van der Waals surface area contributed by atoms with Crippen LogP contribution in [0, 0.1) is 0 Å². The second-order valence-corrected chi connectivity index (χ2v) is 2.38. The van der Waals surface area contributed by atoms with Crippen molar-refractivity contribution in [2.75, 3.05) is 6.54 Å². The maximum atomic E-state index is 11.0. The largest absolute Gasteiger partial charge is 0.354 e. The van der Waals surface area contributed by atoms with Gasteiger partial charge >= 0.3 is 5.91 Å². The highest BCUT2D eigenvalue weighted by atomic mass is 16.5. The molecule has 0 aromatic heterocycles. The first-order valence-corrected chi connectivity index (χ1v) is 3.32. The molecule has 5 heteroatoms. The number of nitrogens with zero attached hydrogens (tertiary/aromatic N) is 2. The van der Waals surface area contributed by atoms with Gasteiger partial charge in [0, 0.05) is 6.54 Å². The fraction of sp³-hybridized carbons (Fsp3) is 0.667. The first-order chi connectivity index (χ1) is 5.00. The average molecular weight is 158 g/mol. The number of likely N-dealkylation sites (N-methyl/N-ethyl adjacent to an activating group) is 1. The topological polar surface area (TPSA) is 73.1 Å². The zero-order chi connectivity index (χ0) is 8.65. The smallest absolute Gasteiger partial charge is 0.309 e. The number of rotatable bonds is 1. The third kappa shape index (κ3) is 1.02. The Bertz CT molecular complexity index is 222. The van der Waals surface area contributed by atoms with Crippen molar-refractivity contribution in [1.29, 1.82) is 0 Å². The molecule has 0 aliphatic carbocycles. The van der Waals surface area contributed by atoms with E-state index in [9.17, 15) is 4.79 Å². The molecule has 0 aromatic carbocycles. The molecule has 2 N–H and O–H groups in total. The van der Waals surface area contributed by atoms with Crippen molar-refractivity contribution < 1.29 is 15.0 Å². The van der Waals surface area contributed by atoms with Crippen LogP contribution in [-0.4, -0.2) is 39.2 Å². The Morgan fingerprint density at radius 2 is 2.18 bits per heavy atom. The van der Waals surface area contributed by atoms with Gasteiger partial charge in [0.2, 0.25) is 0 Å². The molecule has 5 nitrogen and oxygen atoms in total. The molecular formula is C6H10N2O3. The lowest BCUT2D eigenvalue weighted by molar-refractivity contribution is -0.168. The Kier molecular flexibility index (Phi) is 1.69. The minimum atomic E-state index is -2.38. The summed E-state index contributed by atoms with van der Waals surface area (Å²) in [7, 11) is 0. The number of aliphatic hydroxyl groups is 2. The third-order valence-corrected chi connectivity index (χ3v) is 1.61. The lowest BCUT2D eigenvalue weighted by atomic mass is 10.2. The summed E-state index contributed by atoms with van der Waals surface area (Å²) in [6.07, 6.45) is 0. The average Bonchev–Trinajstić information content (AvgIpc) is 2.14. The third-order valence-electron chi connectivity index (χ3n) is 1.61. The van der Waals surface area contributed by atoms with Crippen molar-refractivity contribution in [3.8, 4) is 0 Å². The van der Waals surface area contributed by atoms with Gasteiger partial charge in [0.1, 0.15) is 5.71 Å². The van der Waals surface area contributed by atoms with E-state index in [-0.39, 0.29) is 5.71 Å². The van der Waals surface area contributed by atoms with Crippen LogP contribution >= 0.6 is 0 Å². The second kappa shape index (κ2) is 2.28. The Labute approximate surface area is 63.9 Å². The summed E-state index contributed by atoms with van der Waals surface area (Å²) in [5, 5.41) is 22.8. The second-order valence-electron chi connectivity index (χ2n) is 2.38. The van der Waals surface area contributed by atoms with Crippen molar-refractivity contribution in [3.05, 3.63) is 0 Å². The van der Waals surface area contributed by atoms with Gasteiger partial charge < -0.3 is 10.2 Å². The van der Waals surface area contributed by atoms with Gasteiger partial charge in [0.05, 0.1) is 0 Å². The summed E-state index contributed by atoms with van der Waals surface area (Å²) in [5.41, 5.74) is 0.0179. The fourth-order valence-electron chi connectivity index (χ4n) is 0.845. The molecule has 0 atom stereocenters. The summed E-state index contributed by atoms with van der Waals surface area (Å²) in [6, 6.07) is 0. The maximum Gasteiger partial charge on any atom is 0.309 e. The van der Waals surface area contributed by atoms with Crippen molar-refractivity contribution in [2.24, 2.45) is 5.10 Å². The van der Waals surface area contributed by atoms with Crippen molar-refractivity contribution in [3.63, 3.8) is 0 Å². The van der Waals surface area contributed by atoms with Crippen LogP contribution in [0.25, 0.3) is 0 Å². The number of hydrazone groups is 1. The molecule has 0 spiro atoms. The molecular weight excluding hydrogens is 148 g/mol. The van der Waals surface area contributed by atoms with Gasteiger partial charge in [-0.05, 0) is 13.8 Å². The zero-order valence-corrected chi connectivity index (χ0v) is 6.40. The van der Waals surface area contributed by atoms with Crippen LogP contribution in [0.15, 0.2) is 5.10 Å². The van der Waals surface area contributed by atoms with Gasteiger partial charge in [-0.3, -0.25) is 4.79 Å². The Balaban J connectivity index is 2.93. The van der Waals surface area contributed by atoms with E-state index in [4.69, 9.17) is 10.2 Å². The van der Waals surface area contributed by atoms with Crippen molar-refractivity contribution >= 4 is 11.6 Å². The molecule has 1 amide bonds. The first kappa shape index (κ1) is 8.16. The standard InChI is InChI=1S/C6H10N2O3/c1-3-8-5(9)6(10,11)4(2)7-8/h10-11H,3H2,1-2H3. The van der Waals surface area contributed by atoms with Crippen LogP contribution in [-0.2, 0) is 4.79 Å². The molecule has 1 heterocycles. The van der Waals surface area contributed by atoms with Crippen LogP contribution in [0.5, 0.6) is 0 Å². The van der Waals surface area contributed by atoms with Crippen LogP contribution in [0.3, 0.4) is 0 Å². The Morgan fingerprint density at radius 1 is 1.64 bits per heavy atom. The normalized spacial score (nSPS) is 22.4. The highest BCUT2D eigenvalue weighted by Crippen LogP contribution is 2.16. The summed E-state index contributed by atoms with van der Waals surface area (Å²) in [4.78, 5) is 11.0. The predicted octanol–water partition coefficient (Wildman–Crippen LogP) is -1.09. The minimum absolute atomic E-state index is 0.0179. The number of hydrogen-bond donors (Lipinski definition) is 2. The molecule has 0 radical (unpaired) electrons. The van der Waals surface area contributed by atoms with E-state index in [2.05, 4.69) is 5.10 Å². The SMILES string of the molecule is CCN1N=C(C)C(O)(O)C1=O. The molecule has 0 unspecified atom stereocenters. The van der Waals surface area contributed by atoms with Gasteiger partial charge in [-0.1, -0.05) is 0 Å². The lowest BCUT2D eigenvalue weighted by Gasteiger charge is -2.14. The van der Waals surface area contributed by atoms with E-state index in [1.807, 2.05) is 0 Å². The molecule has 1 rings (SSSR count). The summed E-state index contributed by atoms with van der Waals surface area (Å²) < 4.78 is 0. The monoisotopic (exact) mass is 158 g/mol. The van der Waals surface area contributed by atoms with E-state index in [1.54, 1.807) is 6.92 Å². The molecule has 62 valence electrons. The quantitative estimate of drug-likeness (QED) is 0.476.